The van der Waals surface area contributed by atoms with Crippen molar-refractivity contribution in [1.82, 2.24) is 9.78 Å². The topological polar surface area (TPSA) is 56.2 Å². The van der Waals surface area contributed by atoms with Gasteiger partial charge in [-0.3, -0.25) is 4.79 Å². The van der Waals surface area contributed by atoms with Crippen LogP contribution in [0.1, 0.15) is 16.8 Å². The van der Waals surface area contributed by atoms with Crippen LogP contribution in [-0.4, -0.2) is 28.9 Å². The van der Waals surface area contributed by atoms with E-state index in [9.17, 15) is 9.18 Å². The maximum Gasteiger partial charge on any atom is 0.259 e. The number of carbonyl (C=O) groups is 1. The molecule has 1 amide bonds. The summed E-state index contributed by atoms with van der Waals surface area (Å²) in [5.41, 5.74) is -0.0543. The molecule has 2 aromatic rings. The van der Waals surface area contributed by atoms with Gasteiger partial charge in [-0.1, -0.05) is 11.6 Å². The summed E-state index contributed by atoms with van der Waals surface area (Å²) >= 11 is 5.69. The number of hydrogen-bond acceptors (Lipinski definition) is 3. The summed E-state index contributed by atoms with van der Waals surface area (Å²) in [5.74, 6) is -0.270. The van der Waals surface area contributed by atoms with E-state index in [2.05, 4.69) is 10.4 Å². The molecule has 116 valence electrons. The molecule has 0 aliphatic carbocycles. The third-order valence-corrected chi connectivity index (χ3v) is 3.82. The molecule has 0 radical (unpaired) electrons. The van der Waals surface area contributed by atoms with Gasteiger partial charge in [0, 0.05) is 30.2 Å². The van der Waals surface area contributed by atoms with Crippen molar-refractivity contribution in [3.8, 4) is 0 Å². The minimum atomic E-state index is -0.653. The second-order valence-electron chi connectivity index (χ2n) is 5.21. The Bertz CT molecular complexity index is 683. The number of benzene rings is 1. The van der Waals surface area contributed by atoms with Crippen molar-refractivity contribution in [2.75, 3.05) is 18.5 Å². The first-order valence-corrected chi connectivity index (χ1v) is 7.37. The van der Waals surface area contributed by atoms with Crippen molar-refractivity contribution in [2.24, 2.45) is 5.92 Å². The zero-order valence-corrected chi connectivity index (χ0v) is 12.5. The zero-order chi connectivity index (χ0) is 15.5. The average Bonchev–Trinajstić information content (AvgIpc) is 3.12. The summed E-state index contributed by atoms with van der Waals surface area (Å²) in [6, 6.07) is 5.64. The molecule has 3 rings (SSSR count). The molecule has 1 fully saturated rings. The summed E-state index contributed by atoms with van der Waals surface area (Å²) in [7, 11) is 0. The third-order valence-electron chi connectivity index (χ3n) is 3.59. The lowest BCUT2D eigenvalue weighted by molar-refractivity contribution is 0.102. The van der Waals surface area contributed by atoms with Crippen LogP contribution >= 0.6 is 11.6 Å². The molecule has 22 heavy (non-hydrogen) atoms. The minimum Gasteiger partial charge on any atom is -0.381 e. The fourth-order valence-electron chi connectivity index (χ4n) is 2.41. The normalized spacial score (nSPS) is 17.6. The monoisotopic (exact) mass is 323 g/mol. The summed E-state index contributed by atoms with van der Waals surface area (Å²) in [4.78, 5) is 12.2. The first-order valence-electron chi connectivity index (χ1n) is 6.99. The van der Waals surface area contributed by atoms with Crippen LogP contribution in [0.15, 0.2) is 30.5 Å². The highest BCUT2D eigenvalue weighted by Gasteiger charge is 2.19. The number of ether oxygens (including phenoxy) is 1. The average molecular weight is 324 g/mol. The first kappa shape index (κ1) is 15.0. The Morgan fingerprint density at radius 1 is 1.50 bits per heavy atom. The van der Waals surface area contributed by atoms with E-state index in [0.29, 0.717) is 24.9 Å². The third kappa shape index (κ3) is 3.28. The van der Waals surface area contributed by atoms with E-state index < -0.39 is 11.7 Å². The second kappa shape index (κ2) is 6.46. The highest BCUT2D eigenvalue weighted by atomic mass is 35.5. The molecule has 7 heteroatoms. The molecule has 0 spiro atoms. The van der Waals surface area contributed by atoms with E-state index >= 15 is 0 Å². The maximum absolute atomic E-state index is 13.8. The predicted octanol–water partition coefficient (Wildman–Crippen LogP) is 2.96. The molecule has 1 unspecified atom stereocenters. The van der Waals surface area contributed by atoms with Gasteiger partial charge in [-0.15, -0.1) is 0 Å². The molecule has 0 bridgehead atoms. The van der Waals surface area contributed by atoms with Crippen LogP contribution in [0, 0.1) is 11.7 Å². The van der Waals surface area contributed by atoms with E-state index in [1.54, 1.807) is 16.9 Å². The zero-order valence-electron chi connectivity index (χ0n) is 11.8. The van der Waals surface area contributed by atoms with Crippen LogP contribution in [0.5, 0.6) is 0 Å². The van der Waals surface area contributed by atoms with Crippen LogP contribution in [0.25, 0.3) is 0 Å². The molecule has 1 saturated heterocycles. The Balaban J connectivity index is 1.72. The number of carbonyl (C=O) groups excluding carboxylic acids is 1. The van der Waals surface area contributed by atoms with Gasteiger partial charge in [0.15, 0.2) is 0 Å². The maximum atomic E-state index is 13.8. The van der Waals surface area contributed by atoms with Crippen molar-refractivity contribution >= 4 is 23.3 Å². The molecule has 1 aromatic heterocycles. The van der Waals surface area contributed by atoms with E-state index in [4.69, 9.17) is 16.3 Å². The molecule has 5 nitrogen and oxygen atoms in total. The SMILES string of the molecule is O=C(Nc1ccnn1CC1CCOC1)c1ccc(Cl)cc1F. The van der Waals surface area contributed by atoms with Gasteiger partial charge in [0.25, 0.3) is 5.91 Å². The van der Waals surface area contributed by atoms with Crippen molar-refractivity contribution < 1.29 is 13.9 Å². The van der Waals surface area contributed by atoms with Crippen LogP contribution in [0.2, 0.25) is 5.02 Å². The number of aromatic nitrogens is 2. The van der Waals surface area contributed by atoms with Gasteiger partial charge >= 0.3 is 0 Å². The van der Waals surface area contributed by atoms with Gasteiger partial charge in [-0.25, -0.2) is 9.07 Å². The van der Waals surface area contributed by atoms with Crippen LogP contribution in [-0.2, 0) is 11.3 Å². The van der Waals surface area contributed by atoms with Crippen LogP contribution in [0.4, 0.5) is 10.2 Å². The van der Waals surface area contributed by atoms with Crippen molar-refractivity contribution in [2.45, 2.75) is 13.0 Å². The van der Waals surface area contributed by atoms with Crippen LogP contribution < -0.4 is 5.32 Å². The second-order valence-corrected chi connectivity index (χ2v) is 5.64. The van der Waals surface area contributed by atoms with Gasteiger partial charge < -0.3 is 10.1 Å². The van der Waals surface area contributed by atoms with E-state index in [1.807, 2.05) is 0 Å². The molecule has 1 atom stereocenters. The number of amides is 1. The molecular weight excluding hydrogens is 309 g/mol. The number of nitrogens with zero attached hydrogens (tertiary/aromatic N) is 2. The summed E-state index contributed by atoms with van der Waals surface area (Å²) in [5, 5.41) is 7.12. The summed E-state index contributed by atoms with van der Waals surface area (Å²) < 4.78 is 20.8. The Morgan fingerprint density at radius 2 is 2.36 bits per heavy atom. The van der Waals surface area contributed by atoms with E-state index in [-0.39, 0.29) is 10.6 Å². The Labute approximate surface area is 132 Å². The Kier molecular flexibility index (Phi) is 4.40. The molecule has 1 aromatic carbocycles. The number of hydrogen-bond donors (Lipinski definition) is 1. The highest BCUT2D eigenvalue weighted by Crippen LogP contribution is 2.19. The smallest absolute Gasteiger partial charge is 0.259 e. The van der Waals surface area contributed by atoms with Crippen molar-refractivity contribution in [3.05, 3.63) is 46.9 Å². The van der Waals surface area contributed by atoms with Crippen LogP contribution in [0.3, 0.4) is 0 Å². The molecule has 2 heterocycles. The standard InChI is InChI=1S/C15H15ClFN3O2/c16-11-1-2-12(13(17)7-11)15(21)19-14-3-5-18-20(14)8-10-4-6-22-9-10/h1-3,5,7,10H,4,6,8-9H2,(H,19,21). The summed E-state index contributed by atoms with van der Waals surface area (Å²) in [6.45, 7) is 2.11. The lowest BCUT2D eigenvalue weighted by atomic mass is 10.1. The van der Waals surface area contributed by atoms with Crippen molar-refractivity contribution in [1.29, 1.82) is 0 Å². The lowest BCUT2D eigenvalue weighted by Gasteiger charge is -2.12. The van der Waals surface area contributed by atoms with Gasteiger partial charge in [0.05, 0.1) is 18.4 Å². The number of halogens is 2. The lowest BCUT2D eigenvalue weighted by Crippen LogP contribution is -2.19. The fraction of sp³-hybridized carbons (Fsp3) is 0.333. The molecular formula is C15H15ClFN3O2. The van der Waals surface area contributed by atoms with E-state index in [0.717, 1.165) is 19.1 Å². The molecule has 0 saturated carbocycles. The highest BCUT2D eigenvalue weighted by molar-refractivity contribution is 6.30. The quantitative estimate of drug-likeness (QED) is 0.941. The first-order chi connectivity index (χ1) is 10.6. The minimum absolute atomic E-state index is 0.0543. The van der Waals surface area contributed by atoms with Gasteiger partial charge in [-0.2, -0.15) is 5.10 Å². The summed E-state index contributed by atoms with van der Waals surface area (Å²) in [6.07, 6.45) is 2.57. The van der Waals surface area contributed by atoms with Gasteiger partial charge in [-0.05, 0) is 24.6 Å². The number of rotatable bonds is 4. The Morgan fingerprint density at radius 3 is 3.09 bits per heavy atom. The largest absolute Gasteiger partial charge is 0.381 e. The number of nitrogens with one attached hydrogen (secondary N) is 1. The van der Waals surface area contributed by atoms with Crippen molar-refractivity contribution in [3.63, 3.8) is 0 Å². The molecule has 1 aliphatic heterocycles. The number of anilines is 1. The molecule has 1 aliphatic rings. The van der Waals surface area contributed by atoms with Gasteiger partial charge in [0.1, 0.15) is 11.6 Å². The van der Waals surface area contributed by atoms with Gasteiger partial charge in [0.2, 0.25) is 0 Å². The van der Waals surface area contributed by atoms with E-state index in [1.165, 1.54) is 12.1 Å². The Hall–Kier alpha value is -1.92. The predicted molar refractivity (Wildman–Crippen MR) is 80.5 cm³/mol. The molecule has 1 N–H and O–H groups in total. The fourth-order valence-corrected chi connectivity index (χ4v) is 2.57.